The van der Waals surface area contributed by atoms with Crippen LogP contribution in [-0.4, -0.2) is 34.9 Å². The number of anilines is 1. The Labute approximate surface area is 239 Å². The van der Waals surface area contributed by atoms with Gasteiger partial charge in [-0.2, -0.15) is 5.10 Å². The third-order valence-corrected chi connectivity index (χ3v) is 7.34. The highest BCUT2D eigenvalue weighted by Crippen LogP contribution is 2.37. The van der Waals surface area contributed by atoms with Crippen molar-refractivity contribution in [3.8, 4) is 17.5 Å². The Morgan fingerprint density at radius 2 is 1.88 bits per heavy atom. The average Bonchev–Trinajstić information content (AvgIpc) is 3.70. The second kappa shape index (κ2) is 9.60. The number of hydrogen-bond acceptors (Lipinski definition) is 6. The first kappa shape index (κ1) is 25.0. The SMILES string of the molecule is C[C@@H](NC(=O)c1c(N)nn2cccnc12)c1c2c3c(ccc(C#Cc4cnn(C)c4)c3c(=O)n1-c1ccccc1)C=C2. The van der Waals surface area contributed by atoms with Crippen molar-refractivity contribution >= 4 is 40.3 Å². The quantitative estimate of drug-likeness (QED) is 0.321. The van der Waals surface area contributed by atoms with E-state index in [-0.39, 0.29) is 16.9 Å². The van der Waals surface area contributed by atoms with Crippen LogP contribution < -0.4 is 16.6 Å². The summed E-state index contributed by atoms with van der Waals surface area (Å²) in [5.74, 6) is 5.96. The zero-order chi connectivity index (χ0) is 29.0. The zero-order valence-electron chi connectivity index (χ0n) is 22.7. The third kappa shape index (κ3) is 3.95. The van der Waals surface area contributed by atoms with Crippen molar-refractivity contribution in [2.45, 2.75) is 13.0 Å². The molecule has 3 N–H and O–H groups in total. The summed E-state index contributed by atoms with van der Waals surface area (Å²) < 4.78 is 4.81. The Kier molecular flexibility index (Phi) is 5.73. The van der Waals surface area contributed by atoms with Crippen molar-refractivity contribution in [2.24, 2.45) is 7.05 Å². The fourth-order valence-corrected chi connectivity index (χ4v) is 5.53. The number of carbonyl (C=O) groups excluding carboxylic acids is 1. The van der Waals surface area contributed by atoms with Crippen LogP contribution in [0.4, 0.5) is 5.82 Å². The number of nitrogens with one attached hydrogen (secondary N) is 1. The molecule has 0 bridgehead atoms. The van der Waals surface area contributed by atoms with Gasteiger partial charge in [-0.3, -0.25) is 18.8 Å². The lowest BCUT2D eigenvalue weighted by Crippen LogP contribution is -2.33. The molecule has 4 aromatic heterocycles. The summed E-state index contributed by atoms with van der Waals surface area (Å²) in [5.41, 5.74) is 10.9. The molecule has 1 aliphatic rings. The van der Waals surface area contributed by atoms with Gasteiger partial charge in [-0.1, -0.05) is 48.3 Å². The molecule has 6 aromatic rings. The summed E-state index contributed by atoms with van der Waals surface area (Å²) in [5, 5.41) is 12.8. The third-order valence-electron chi connectivity index (χ3n) is 7.34. The van der Waals surface area contributed by atoms with Gasteiger partial charge < -0.3 is 11.1 Å². The normalized spacial score (nSPS) is 12.4. The van der Waals surface area contributed by atoms with Crippen molar-refractivity contribution < 1.29 is 4.79 Å². The topological polar surface area (TPSA) is 125 Å². The molecule has 42 heavy (non-hydrogen) atoms. The van der Waals surface area contributed by atoms with Crippen LogP contribution in [0.3, 0.4) is 0 Å². The van der Waals surface area contributed by atoms with Crippen molar-refractivity contribution in [2.75, 3.05) is 5.73 Å². The maximum absolute atomic E-state index is 14.5. The molecule has 0 saturated carbocycles. The Balaban J connectivity index is 1.42. The molecule has 4 heterocycles. The van der Waals surface area contributed by atoms with Gasteiger partial charge in [0.05, 0.1) is 28.9 Å². The van der Waals surface area contributed by atoms with E-state index in [1.54, 1.807) is 33.9 Å². The Morgan fingerprint density at radius 1 is 1.05 bits per heavy atom. The second-order valence-electron chi connectivity index (χ2n) is 10.1. The summed E-state index contributed by atoms with van der Waals surface area (Å²) >= 11 is 0. The van der Waals surface area contributed by atoms with E-state index in [9.17, 15) is 9.59 Å². The van der Waals surface area contributed by atoms with Crippen LogP contribution in [0.15, 0.2) is 78.1 Å². The first-order valence-electron chi connectivity index (χ1n) is 13.3. The molecular weight excluding hydrogens is 528 g/mol. The number of pyridine rings is 1. The van der Waals surface area contributed by atoms with Gasteiger partial charge in [0.2, 0.25) is 0 Å². The number of amides is 1. The molecule has 10 heteroatoms. The number of benzene rings is 2. The fraction of sp³-hybridized carbons (Fsp3) is 0.0938. The lowest BCUT2D eigenvalue weighted by atomic mass is 9.96. The monoisotopic (exact) mass is 552 g/mol. The molecule has 0 spiro atoms. The van der Waals surface area contributed by atoms with E-state index in [1.165, 1.54) is 4.52 Å². The van der Waals surface area contributed by atoms with Gasteiger partial charge in [-0.15, -0.1) is 5.10 Å². The lowest BCUT2D eigenvalue weighted by molar-refractivity contribution is 0.0941. The first-order chi connectivity index (χ1) is 20.4. The van der Waals surface area contributed by atoms with Crippen LogP contribution in [0.2, 0.25) is 0 Å². The Hall–Kier alpha value is -5.95. The number of rotatable bonds is 4. The zero-order valence-corrected chi connectivity index (χ0v) is 22.7. The minimum absolute atomic E-state index is 0.0703. The summed E-state index contributed by atoms with van der Waals surface area (Å²) in [6.07, 6.45) is 10.7. The highest BCUT2D eigenvalue weighted by atomic mass is 16.2. The maximum atomic E-state index is 14.5. The summed E-state index contributed by atoms with van der Waals surface area (Å²) in [7, 11) is 1.83. The van der Waals surface area contributed by atoms with Crippen molar-refractivity contribution in [1.29, 1.82) is 0 Å². The number of para-hydroxylation sites is 1. The van der Waals surface area contributed by atoms with Crippen LogP contribution in [-0.2, 0) is 7.05 Å². The predicted molar refractivity (Wildman–Crippen MR) is 161 cm³/mol. The molecule has 7 rings (SSSR count). The standard InChI is InChI=1S/C32H24N8O2/c1-19(36-31(41)27-29(33)37-39-16-6-15-34-30(27)39)28-24-14-13-21-11-12-22(10-9-20-17-35-38(2)18-20)26(25(21)24)32(42)40(28)23-7-4-3-5-8-23/h3-8,11-19H,1-2H3,(H2,33,37)(H,36,41)/t19-/m1/s1. The van der Waals surface area contributed by atoms with Crippen molar-refractivity contribution in [3.63, 3.8) is 0 Å². The number of nitrogen functional groups attached to an aromatic ring is 1. The number of hydrogen-bond donors (Lipinski definition) is 2. The molecule has 10 nitrogen and oxygen atoms in total. The van der Waals surface area contributed by atoms with Gasteiger partial charge in [0.15, 0.2) is 11.5 Å². The summed E-state index contributed by atoms with van der Waals surface area (Å²) in [6.45, 7) is 1.85. The van der Waals surface area contributed by atoms with E-state index in [0.717, 1.165) is 22.1 Å². The molecule has 0 unspecified atom stereocenters. The second-order valence-corrected chi connectivity index (χ2v) is 10.1. The Bertz CT molecular complexity index is 2210. The molecular formula is C32H24N8O2. The molecule has 204 valence electrons. The van der Waals surface area contributed by atoms with E-state index in [0.29, 0.717) is 28.0 Å². The molecule has 0 saturated heterocycles. The lowest BCUT2D eigenvalue weighted by Gasteiger charge is -2.23. The predicted octanol–water partition coefficient (Wildman–Crippen LogP) is 3.72. The smallest absolute Gasteiger partial charge is 0.264 e. The number of aromatic nitrogens is 6. The van der Waals surface area contributed by atoms with Crippen molar-refractivity contribution in [3.05, 3.63) is 117 Å². The fourth-order valence-electron chi connectivity index (χ4n) is 5.53. The number of carbonyl (C=O) groups is 1. The van der Waals surface area contributed by atoms with Gasteiger partial charge in [-0.05, 0) is 36.8 Å². The maximum Gasteiger partial charge on any atom is 0.264 e. The van der Waals surface area contributed by atoms with E-state index < -0.39 is 11.9 Å². The van der Waals surface area contributed by atoms with E-state index in [2.05, 4.69) is 32.3 Å². The molecule has 0 fully saturated rings. The highest BCUT2D eigenvalue weighted by molar-refractivity contribution is 6.08. The number of nitrogens with zero attached hydrogens (tertiary/aromatic N) is 6. The number of aryl methyl sites for hydroxylation is 1. The molecule has 1 atom stereocenters. The summed E-state index contributed by atoms with van der Waals surface area (Å²) in [4.78, 5) is 32.3. The molecule has 0 aliphatic heterocycles. The van der Waals surface area contributed by atoms with Crippen LogP contribution in [0.5, 0.6) is 0 Å². The van der Waals surface area contributed by atoms with Gasteiger partial charge >= 0.3 is 0 Å². The molecule has 1 amide bonds. The van der Waals surface area contributed by atoms with Gasteiger partial charge in [0.1, 0.15) is 5.56 Å². The van der Waals surface area contributed by atoms with E-state index in [1.807, 2.05) is 74.8 Å². The van der Waals surface area contributed by atoms with E-state index in [4.69, 9.17) is 5.73 Å². The van der Waals surface area contributed by atoms with Crippen LogP contribution in [0, 0.1) is 11.8 Å². The number of fused-ring (bicyclic) bond motifs is 1. The van der Waals surface area contributed by atoms with Crippen LogP contribution in [0.1, 0.15) is 51.3 Å². The van der Waals surface area contributed by atoms with Gasteiger partial charge in [-0.25, -0.2) is 9.50 Å². The molecule has 1 aliphatic carbocycles. The molecule has 2 aromatic carbocycles. The first-order valence-corrected chi connectivity index (χ1v) is 13.3. The average molecular weight is 553 g/mol. The van der Waals surface area contributed by atoms with Gasteiger partial charge in [0, 0.05) is 47.8 Å². The summed E-state index contributed by atoms with van der Waals surface area (Å²) in [6, 6.07) is 14.3. The number of nitrogens with two attached hydrogens (primary N) is 1. The minimum atomic E-state index is -0.594. The largest absolute Gasteiger partial charge is 0.381 e. The van der Waals surface area contributed by atoms with Crippen molar-refractivity contribution in [1.82, 2.24) is 34.3 Å². The van der Waals surface area contributed by atoms with E-state index >= 15 is 0 Å². The van der Waals surface area contributed by atoms with Gasteiger partial charge in [0.25, 0.3) is 11.5 Å². The minimum Gasteiger partial charge on any atom is -0.381 e. The Morgan fingerprint density at radius 3 is 2.67 bits per heavy atom. The highest BCUT2D eigenvalue weighted by Gasteiger charge is 2.28. The van der Waals surface area contributed by atoms with Crippen LogP contribution in [0.25, 0.3) is 34.3 Å². The molecule has 0 radical (unpaired) electrons. The van der Waals surface area contributed by atoms with Crippen LogP contribution >= 0.6 is 0 Å².